The van der Waals surface area contributed by atoms with E-state index in [2.05, 4.69) is 41.4 Å². The highest BCUT2D eigenvalue weighted by atomic mass is 15.1. The summed E-state index contributed by atoms with van der Waals surface area (Å²) >= 11 is 0. The Morgan fingerprint density at radius 3 is 2.71 bits per heavy atom. The first kappa shape index (κ1) is 13.7. The van der Waals surface area contributed by atoms with Crippen LogP contribution in [0.5, 0.6) is 0 Å². The highest BCUT2D eigenvalue weighted by molar-refractivity contribution is 5.40. The standard InChI is InChI=1S/C13H24N4/c1-4-7-11(6-3)16-12-8-10-15-13(17-12)14-9-5-2/h8,10-11H,4-7,9H2,1-3H3,(H2,14,15,16,17). The molecule has 1 unspecified atom stereocenters. The van der Waals surface area contributed by atoms with Crippen LogP contribution in [0, 0.1) is 0 Å². The van der Waals surface area contributed by atoms with Crippen LogP contribution in [0.25, 0.3) is 0 Å². The Labute approximate surface area is 104 Å². The van der Waals surface area contributed by atoms with Gasteiger partial charge in [0.15, 0.2) is 0 Å². The van der Waals surface area contributed by atoms with Crippen LogP contribution in [-0.4, -0.2) is 22.6 Å². The van der Waals surface area contributed by atoms with Crippen LogP contribution in [0.4, 0.5) is 11.8 Å². The number of nitrogens with one attached hydrogen (secondary N) is 2. The second-order valence-electron chi connectivity index (χ2n) is 4.23. The summed E-state index contributed by atoms with van der Waals surface area (Å²) in [5, 5.41) is 6.65. The molecule has 0 spiro atoms. The van der Waals surface area contributed by atoms with Gasteiger partial charge in [-0.25, -0.2) is 4.98 Å². The van der Waals surface area contributed by atoms with E-state index in [1.165, 1.54) is 12.8 Å². The van der Waals surface area contributed by atoms with Crippen molar-refractivity contribution in [2.75, 3.05) is 17.2 Å². The summed E-state index contributed by atoms with van der Waals surface area (Å²) in [6.45, 7) is 7.45. The molecule has 0 aliphatic carbocycles. The number of hydrogen-bond donors (Lipinski definition) is 2. The molecule has 17 heavy (non-hydrogen) atoms. The van der Waals surface area contributed by atoms with Gasteiger partial charge >= 0.3 is 0 Å². The normalized spacial score (nSPS) is 12.2. The molecule has 4 nitrogen and oxygen atoms in total. The maximum absolute atomic E-state index is 4.45. The monoisotopic (exact) mass is 236 g/mol. The third kappa shape index (κ3) is 5.02. The van der Waals surface area contributed by atoms with Gasteiger partial charge in [0.25, 0.3) is 0 Å². The van der Waals surface area contributed by atoms with Gasteiger partial charge in [-0.1, -0.05) is 27.2 Å². The molecule has 0 radical (unpaired) electrons. The van der Waals surface area contributed by atoms with E-state index in [1.54, 1.807) is 6.20 Å². The molecular formula is C13H24N4. The van der Waals surface area contributed by atoms with Crippen molar-refractivity contribution >= 4 is 11.8 Å². The zero-order valence-corrected chi connectivity index (χ0v) is 11.2. The first-order valence-electron chi connectivity index (χ1n) is 6.63. The summed E-state index contributed by atoms with van der Waals surface area (Å²) < 4.78 is 0. The van der Waals surface area contributed by atoms with E-state index in [0.717, 1.165) is 25.2 Å². The molecule has 0 amide bonds. The summed E-state index contributed by atoms with van der Waals surface area (Å²) in [6, 6.07) is 2.43. The quantitative estimate of drug-likeness (QED) is 0.727. The highest BCUT2D eigenvalue weighted by Crippen LogP contribution is 2.11. The van der Waals surface area contributed by atoms with Gasteiger partial charge in [-0.15, -0.1) is 0 Å². The van der Waals surface area contributed by atoms with Gasteiger partial charge in [-0.3, -0.25) is 0 Å². The van der Waals surface area contributed by atoms with E-state index in [4.69, 9.17) is 0 Å². The van der Waals surface area contributed by atoms with Crippen molar-refractivity contribution in [3.8, 4) is 0 Å². The van der Waals surface area contributed by atoms with Crippen LogP contribution in [0.15, 0.2) is 12.3 Å². The second kappa shape index (κ2) is 7.87. The number of anilines is 2. The van der Waals surface area contributed by atoms with Crippen LogP contribution < -0.4 is 10.6 Å². The average Bonchev–Trinajstić information content (AvgIpc) is 2.36. The fourth-order valence-electron chi connectivity index (χ4n) is 1.70. The third-order valence-corrected chi connectivity index (χ3v) is 2.67. The maximum atomic E-state index is 4.45. The van der Waals surface area contributed by atoms with E-state index < -0.39 is 0 Å². The van der Waals surface area contributed by atoms with Crippen molar-refractivity contribution in [1.29, 1.82) is 0 Å². The van der Waals surface area contributed by atoms with E-state index in [0.29, 0.717) is 12.0 Å². The molecule has 0 bridgehead atoms. The van der Waals surface area contributed by atoms with Crippen LogP contribution in [0.3, 0.4) is 0 Å². The fourth-order valence-corrected chi connectivity index (χ4v) is 1.70. The molecule has 0 aromatic carbocycles. The molecule has 1 aromatic heterocycles. The van der Waals surface area contributed by atoms with Crippen molar-refractivity contribution in [2.24, 2.45) is 0 Å². The Bertz CT molecular complexity index is 314. The average molecular weight is 236 g/mol. The minimum atomic E-state index is 0.508. The van der Waals surface area contributed by atoms with Crippen molar-refractivity contribution in [1.82, 2.24) is 9.97 Å². The third-order valence-electron chi connectivity index (χ3n) is 2.67. The van der Waals surface area contributed by atoms with Crippen molar-refractivity contribution in [2.45, 2.75) is 52.5 Å². The molecule has 1 rings (SSSR count). The zero-order chi connectivity index (χ0) is 12.5. The Hall–Kier alpha value is -1.32. The lowest BCUT2D eigenvalue weighted by Gasteiger charge is -2.16. The fraction of sp³-hybridized carbons (Fsp3) is 0.692. The van der Waals surface area contributed by atoms with E-state index in [-0.39, 0.29) is 0 Å². The van der Waals surface area contributed by atoms with Gasteiger partial charge in [-0.2, -0.15) is 4.98 Å². The smallest absolute Gasteiger partial charge is 0.224 e. The lowest BCUT2D eigenvalue weighted by Crippen LogP contribution is -2.19. The predicted molar refractivity (Wildman–Crippen MR) is 73.4 cm³/mol. The van der Waals surface area contributed by atoms with E-state index in [1.807, 2.05) is 6.07 Å². The van der Waals surface area contributed by atoms with Crippen molar-refractivity contribution in [3.05, 3.63) is 12.3 Å². The summed E-state index contributed by atoms with van der Waals surface area (Å²) in [5.74, 6) is 1.63. The van der Waals surface area contributed by atoms with Gasteiger partial charge in [0.05, 0.1) is 0 Å². The van der Waals surface area contributed by atoms with E-state index in [9.17, 15) is 0 Å². The number of nitrogens with zero attached hydrogens (tertiary/aromatic N) is 2. The lowest BCUT2D eigenvalue weighted by atomic mass is 10.1. The molecule has 0 aliphatic rings. The first-order chi connectivity index (χ1) is 8.30. The van der Waals surface area contributed by atoms with Crippen molar-refractivity contribution < 1.29 is 0 Å². The summed E-state index contributed by atoms with van der Waals surface area (Å²) in [7, 11) is 0. The molecule has 0 saturated carbocycles. The van der Waals surface area contributed by atoms with Gasteiger partial charge in [-0.05, 0) is 25.3 Å². The maximum Gasteiger partial charge on any atom is 0.224 e. The summed E-state index contributed by atoms with van der Waals surface area (Å²) in [4.78, 5) is 8.64. The first-order valence-corrected chi connectivity index (χ1v) is 6.63. The highest BCUT2D eigenvalue weighted by Gasteiger charge is 2.06. The Balaban J connectivity index is 2.57. The van der Waals surface area contributed by atoms with Gasteiger partial charge < -0.3 is 10.6 Å². The van der Waals surface area contributed by atoms with Crippen LogP contribution in [0.2, 0.25) is 0 Å². The predicted octanol–water partition coefficient (Wildman–Crippen LogP) is 3.29. The minimum absolute atomic E-state index is 0.508. The van der Waals surface area contributed by atoms with Gasteiger partial charge in [0.2, 0.25) is 5.95 Å². The van der Waals surface area contributed by atoms with Crippen LogP contribution >= 0.6 is 0 Å². The Kier molecular flexibility index (Phi) is 6.37. The molecule has 1 heterocycles. The largest absolute Gasteiger partial charge is 0.367 e. The molecule has 96 valence electrons. The Morgan fingerprint density at radius 2 is 2.06 bits per heavy atom. The molecular weight excluding hydrogens is 212 g/mol. The minimum Gasteiger partial charge on any atom is -0.367 e. The number of hydrogen-bond acceptors (Lipinski definition) is 4. The molecule has 0 fully saturated rings. The molecule has 1 atom stereocenters. The van der Waals surface area contributed by atoms with Crippen molar-refractivity contribution in [3.63, 3.8) is 0 Å². The second-order valence-corrected chi connectivity index (χ2v) is 4.23. The van der Waals surface area contributed by atoms with Gasteiger partial charge in [0, 0.05) is 18.8 Å². The number of rotatable bonds is 8. The molecule has 1 aromatic rings. The van der Waals surface area contributed by atoms with Crippen LogP contribution in [-0.2, 0) is 0 Å². The molecule has 0 saturated heterocycles. The lowest BCUT2D eigenvalue weighted by molar-refractivity contribution is 0.620. The zero-order valence-electron chi connectivity index (χ0n) is 11.2. The molecule has 4 heteroatoms. The summed E-state index contributed by atoms with van der Waals surface area (Å²) in [6.07, 6.45) is 6.37. The molecule has 0 aliphatic heterocycles. The van der Waals surface area contributed by atoms with Gasteiger partial charge in [0.1, 0.15) is 5.82 Å². The topological polar surface area (TPSA) is 49.8 Å². The van der Waals surface area contributed by atoms with E-state index >= 15 is 0 Å². The van der Waals surface area contributed by atoms with Crippen LogP contribution in [0.1, 0.15) is 46.5 Å². The number of aromatic nitrogens is 2. The summed E-state index contributed by atoms with van der Waals surface area (Å²) in [5.41, 5.74) is 0. The molecule has 2 N–H and O–H groups in total. The SMILES string of the molecule is CCCNc1nccc(NC(CC)CCC)n1. The Morgan fingerprint density at radius 1 is 1.24 bits per heavy atom.